The van der Waals surface area contributed by atoms with E-state index in [0.29, 0.717) is 0 Å². The van der Waals surface area contributed by atoms with Crippen LogP contribution in [0.5, 0.6) is 0 Å². The van der Waals surface area contributed by atoms with Gasteiger partial charge in [-0.15, -0.1) is 49.2 Å². The molecule has 3 aliphatic carbocycles. The van der Waals surface area contributed by atoms with Gasteiger partial charge in [0.2, 0.25) is 0 Å². The Morgan fingerprint density at radius 1 is 0.215 bits per heavy atom. The lowest BCUT2D eigenvalue weighted by Gasteiger charge is -2.56. The first kappa shape index (κ1) is 67.9. The van der Waals surface area contributed by atoms with Crippen LogP contribution in [0.4, 0.5) is 17.1 Å². The van der Waals surface area contributed by atoms with E-state index in [1.54, 1.807) is 5.56 Å². The summed E-state index contributed by atoms with van der Waals surface area (Å²) in [6.07, 6.45) is 0. The van der Waals surface area contributed by atoms with Crippen LogP contribution in [-0.2, 0) is 10.8 Å². The third-order valence-corrected chi connectivity index (χ3v) is 27.0. The highest BCUT2D eigenvalue weighted by molar-refractivity contribution is 6.75. The quantitative estimate of drug-likeness (QED) is 0.144. The second kappa shape index (κ2) is 22.3. The predicted molar refractivity (Wildman–Crippen MR) is 520 cm³/mol. The Morgan fingerprint density at radius 2 is 0.473 bits per heavy atom. The maximum absolute atomic E-state index is 2.86. The van der Waals surface area contributed by atoms with Crippen molar-refractivity contribution in [2.45, 2.75) is 21.1 Å². The summed E-state index contributed by atoms with van der Waals surface area (Å²) in [5.74, 6) is 0. The smallest absolute Gasteiger partial charge is 0.142 e. The van der Waals surface area contributed by atoms with Crippen LogP contribution in [0.15, 0.2) is 42.5 Å². The molecule has 35 heteroatoms. The fraction of sp³-hybridized carbons (Fsp3) is 0.0690. The van der Waals surface area contributed by atoms with Gasteiger partial charge >= 0.3 is 0 Å². The molecule has 0 atom stereocenters. The summed E-state index contributed by atoms with van der Waals surface area (Å²) in [5.41, 5.74) is 64.9. The summed E-state index contributed by atoms with van der Waals surface area (Å²) in [6, 6.07) is 17.0. The maximum Gasteiger partial charge on any atom is 0.142 e. The number of rotatable bonds is 7. The molecular formula is C58H75B34N. The van der Waals surface area contributed by atoms with Crippen LogP contribution in [0.3, 0.4) is 0 Å². The van der Waals surface area contributed by atoms with Gasteiger partial charge in [0.25, 0.3) is 0 Å². The lowest BCUT2D eigenvalue weighted by atomic mass is 9.17. The van der Waals surface area contributed by atoms with Crippen molar-refractivity contribution in [2.24, 2.45) is 0 Å². The third kappa shape index (κ3) is 8.37. The molecule has 0 N–H and O–H groups in total. The monoisotopic (exact) mass is 1160 g/mol. The van der Waals surface area contributed by atoms with Crippen molar-refractivity contribution in [2.75, 3.05) is 4.90 Å². The standard InChI is InChI=1S/C58H75B34N/c59-24-13(9-5-3-7-11-12(9)8-4-1-2-6-10(8)55(11)20-14(26(61)38(73)43(78)34(20)69)15-21(55)35(70)44(79)39(74)27(15)62)25(60)48(83)53(47(24)82)93(54-50(85)32(67)19(33(68)51(54)86)18-30(65)41(76)46(81)42(77)31(18)66)52-37(72)23-17(29(64)49(52)84)16-22(36(71)45(80)40(75)28(16)63)56(23,57(87,88)89)58(90,91)92/h1-7H,59-92H2. The molecule has 93 heavy (non-hydrogen) atoms. The van der Waals surface area contributed by atoms with E-state index < -0.39 is 5.41 Å². The van der Waals surface area contributed by atoms with E-state index >= 15 is 0 Å². The summed E-state index contributed by atoms with van der Waals surface area (Å²) < 4.78 is 0. The van der Waals surface area contributed by atoms with Gasteiger partial charge in [-0.2, -0.15) is 0 Å². The molecule has 1 spiro atoms. The Hall–Kier alpha value is -5.01. The average molecular weight is 1150 g/mol. The van der Waals surface area contributed by atoms with E-state index in [4.69, 9.17) is 0 Å². The molecule has 9 aromatic rings. The Balaban J connectivity index is 1.23. The van der Waals surface area contributed by atoms with Crippen molar-refractivity contribution in [3.63, 3.8) is 0 Å². The lowest BCUT2D eigenvalue weighted by molar-refractivity contribution is 0.540. The van der Waals surface area contributed by atoms with Gasteiger partial charge < -0.3 is 4.90 Å². The van der Waals surface area contributed by atoms with Crippen LogP contribution in [0.2, 0.25) is 10.2 Å². The summed E-state index contributed by atoms with van der Waals surface area (Å²) in [7, 11) is 82.9. The number of hydrogen-bond acceptors (Lipinski definition) is 1. The van der Waals surface area contributed by atoms with E-state index in [1.807, 2.05) is 0 Å². The van der Waals surface area contributed by atoms with Crippen molar-refractivity contribution in [3.8, 4) is 55.6 Å². The Kier molecular flexibility index (Phi) is 16.3. The number of anilines is 3. The molecule has 1 nitrogen and oxygen atoms in total. The van der Waals surface area contributed by atoms with Gasteiger partial charge in [-0.3, -0.25) is 0 Å². The maximum atomic E-state index is 2.86. The van der Waals surface area contributed by atoms with Gasteiger partial charge in [-0.1, -0.05) is 156 Å². The SMILES string of the molecule is Bc1c(B)c(B)c(-c2c(B)c(B)c(N(c3c(B)c(B)c(-c4cccc5c4-c4ccccc4C54c5c(B)c(B)c(B)c(B)c5-c5c(B)c(B)c(B)c(B)c54)c(B)c3B)c3c(B)c(B)c4c(c3B)C(C(B)(B)B)(C(B)(B)B)c3c(B)c(B)c(B)c(B)c3-4)c(B)c2B)c(B)c1B. The first-order valence-electron chi connectivity index (χ1n) is 35.0. The van der Waals surface area contributed by atoms with Gasteiger partial charge in [-0.05, 0) is 94.4 Å². The predicted octanol–water partition coefficient (Wildman–Crippen LogP) is -39.7. The second-order valence-corrected chi connectivity index (χ2v) is 32.3. The van der Waals surface area contributed by atoms with E-state index in [9.17, 15) is 0 Å². The minimum absolute atomic E-state index is 0.166. The highest BCUT2D eigenvalue weighted by Gasteiger charge is 2.59. The van der Waals surface area contributed by atoms with E-state index in [-0.39, 0.29) is 15.6 Å². The molecule has 0 saturated heterocycles. The fourth-order valence-corrected chi connectivity index (χ4v) is 20.7. The molecule has 9 aromatic carbocycles. The van der Waals surface area contributed by atoms with E-state index in [2.05, 4.69) is 314 Å². The van der Waals surface area contributed by atoms with Crippen molar-refractivity contribution < 1.29 is 0 Å². The molecule has 0 unspecified atom stereocenters. The molecule has 3 aliphatic rings. The summed E-state index contributed by atoms with van der Waals surface area (Å²) in [5, 5.41) is -0.332. The molecule has 0 aromatic heterocycles. The third-order valence-electron chi connectivity index (χ3n) is 27.0. The van der Waals surface area contributed by atoms with Gasteiger partial charge in [0, 0.05) is 17.1 Å². The van der Waals surface area contributed by atoms with Crippen molar-refractivity contribution >= 4 is 437 Å². The molecule has 0 aliphatic heterocycles. The Morgan fingerprint density at radius 3 is 0.860 bits per heavy atom. The molecule has 0 fully saturated rings. The Bertz CT molecular complexity index is 4830. The zero-order valence-electron chi connectivity index (χ0n) is 64.0. The minimum Gasteiger partial charge on any atom is -0.314 e. The highest BCUT2D eigenvalue weighted by atomic mass is 15.2. The van der Waals surface area contributed by atoms with Gasteiger partial charge in [-0.25, -0.2) is 0 Å². The van der Waals surface area contributed by atoms with E-state index in [1.165, 1.54) is 253 Å². The topological polar surface area (TPSA) is 3.24 Å². The number of hydrogen-bond donors (Lipinski definition) is 0. The molecular weight excluding hydrogens is 1080 g/mol. The Labute approximate surface area is 589 Å². The minimum atomic E-state index is -0.496. The molecule has 414 valence electrons. The first-order chi connectivity index (χ1) is 43.2. The summed E-state index contributed by atoms with van der Waals surface area (Å²) in [4.78, 5) is 2.86. The zero-order chi connectivity index (χ0) is 68.7. The van der Waals surface area contributed by atoms with Gasteiger partial charge in [0.1, 0.15) is 220 Å². The lowest BCUT2D eigenvalue weighted by Crippen LogP contribution is -2.59. The van der Waals surface area contributed by atoms with Crippen LogP contribution in [0, 0.1) is 0 Å². The molecule has 0 heterocycles. The highest BCUT2D eigenvalue weighted by Crippen LogP contribution is 2.64. The molecule has 0 radical (unpaired) electrons. The van der Waals surface area contributed by atoms with E-state index in [0.717, 1.165) is 0 Å². The molecule has 0 saturated carbocycles. The first-order valence-corrected chi connectivity index (χ1v) is 35.0. The largest absolute Gasteiger partial charge is 0.314 e. The van der Waals surface area contributed by atoms with Crippen molar-refractivity contribution in [1.29, 1.82) is 0 Å². The second-order valence-electron chi connectivity index (χ2n) is 32.3. The van der Waals surface area contributed by atoms with Crippen LogP contribution in [-0.4, -0.2) is 267 Å². The van der Waals surface area contributed by atoms with Crippen LogP contribution >= 0.6 is 0 Å². The zero-order valence-corrected chi connectivity index (χ0v) is 64.0. The van der Waals surface area contributed by atoms with Gasteiger partial charge in [0.15, 0.2) is 0 Å². The molecule has 12 rings (SSSR count). The van der Waals surface area contributed by atoms with Crippen LogP contribution < -0.4 is 158 Å². The normalized spacial score (nSPS) is 13.7. The molecule has 0 bridgehead atoms. The fourth-order valence-electron chi connectivity index (χ4n) is 20.7. The summed E-state index contributed by atoms with van der Waals surface area (Å²) in [6.45, 7) is 0. The van der Waals surface area contributed by atoms with Crippen LogP contribution in [0.25, 0.3) is 55.6 Å². The number of nitrogens with zero attached hydrogens (tertiary/aromatic N) is 1. The van der Waals surface area contributed by atoms with Crippen LogP contribution in [0.1, 0.15) is 33.4 Å². The molecule has 0 amide bonds. The van der Waals surface area contributed by atoms with Crippen molar-refractivity contribution in [1.82, 2.24) is 0 Å². The van der Waals surface area contributed by atoms with Crippen molar-refractivity contribution in [3.05, 3.63) is 75.8 Å². The van der Waals surface area contributed by atoms with Gasteiger partial charge in [0.05, 0.1) is 52.5 Å². The summed E-state index contributed by atoms with van der Waals surface area (Å²) >= 11 is 0. The number of fused-ring (bicyclic) bond motifs is 13. The number of benzene rings is 9. The average Bonchev–Trinajstić information content (AvgIpc) is 1.51.